The van der Waals surface area contributed by atoms with Crippen molar-refractivity contribution in [3.63, 3.8) is 0 Å². The molecule has 0 spiro atoms. The lowest BCUT2D eigenvalue weighted by atomic mass is 10.3. The van der Waals surface area contributed by atoms with Gasteiger partial charge in [-0.3, -0.25) is 9.59 Å². The summed E-state index contributed by atoms with van der Waals surface area (Å²) in [5.41, 5.74) is 5.68. The van der Waals surface area contributed by atoms with Gasteiger partial charge < -0.3 is 10.6 Å². The van der Waals surface area contributed by atoms with Crippen LogP contribution in [0.1, 0.15) is 17.3 Å². The van der Waals surface area contributed by atoms with Crippen molar-refractivity contribution in [2.75, 3.05) is 13.1 Å². The molecule has 1 aromatic rings. The molecule has 0 atom stereocenters. The van der Waals surface area contributed by atoms with Crippen LogP contribution in [0.2, 0.25) is 0 Å². The highest BCUT2D eigenvalue weighted by Gasteiger charge is 2.16. The third-order valence-electron chi connectivity index (χ3n) is 1.83. The van der Waals surface area contributed by atoms with Gasteiger partial charge in [0.05, 0.1) is 15.0 Å². The SMILES string of the molecule is CCN(CC(N)=O)C(=O)c1csc(I)c1. The second-order valence-electron chi connectivity index (χ2n) is 2.93. The van der Waals surface area contributed by atoms with Crippen LogP contribution in [0.4, 0.5) is 0 Å². The summed E-state index contributed by atoms with van der Waals surface area (Å²) in [6, 6.07) is 1.80. The first kappa shape index (κ1) is 12.4. The molecule has 0 saturated heterocycles. The number of nitrogens with zero attached hydrogens (tertiary/aromatic N) is 1. The third-order valence-corrected chi connectivity index (χ3v) is 3.62. The van der Waals surface area contributed by atoms with Gasteiger partial charge in [0.25, 0.3) is 5.91 Å². The van der Waals surface area contributed by atoms with E-state index in [9.17, 15) is 9.59 Å². The van der Waals surface area contributed by atoms with Gasteiger partial charge in [-0.05, 0) is 35.6 Å². The van der Waals surface area contributed by atoms with Crippen LogP contribution in [-0.4, -0.2) is 29.8 Å². The minimum Gasteiger partial charge on any atom is -0.368 e. The second kappa shape index (κ2) is 5.45. The van der Waals surface area contributed by atoms with E-state index in [1.54, 1.807) is 11.4 Å². The summed E-state index contributed by atoms with van der Waals surface area (Å²) < 4.78 is 1.05. The van der Waals surface area contributed by atoms with Crippen molar-refractivity contribution < 1.29 is 9.59 Å². The minimum atomic E-state index is -0.491. The zero-order valence-electron chi connectivity index (χ0n) is 8.20. The Balaban J connectivity index is 2.77. The first-order valence-electron chi connectivity index (χ1n) is 4.36. The number of rotatable bonds is 4. The number of thiophene rings is 1. The lowest BCUT2D eigenvalue weighted by molar-refractivity contribution is -0.118. The molecule has 0 aliphatic heterocycles. The van der Waals surface area contributed by atoms with E-state index in [2.05, 4.69) is 22.6 Å². The molecular formula is C9H11IN2O2S. The Kier molecular flexibility index (Phi) is 4.52. The Morgan fingerprint density at radius 2 is 2.27 bits per heavy atom. The van der Waals surface area contributed by atoms with Crippen LogP contribution in [0.15, 0.2) is 11.4 Å². The highest BCUT2D eigenvalue weighted by molar-refractivity contribution is 14.1. The van der Waals surface area contributed by atoms with E-state index in [4.69, 9.17) is 5.73 Å². The highest BCUT2D eigenvalue weighted by Crippen LogP contribution is 2.17. The highest BCUT2D eigenvalue weighted by atomic mass is 127. The Hall–Kier alpha value is -0.630. The number of halogens is 1. The molecule has 1 aromatic heterocycles. The van der Waals surface area contributed by atoms with E-state index >= 15 is 0 Å². The summed E-state index contributed by atoms with van der Waals surface area (Å²) in [6.45, 7) is 2.27. The summed E-state index contributed by atoms with van der Waals surface area (Å²) in [5, 5.41) is 1.79. The molecule has 0 aliphatic carbocycles. The van der Waals surface area contributed by atoms with Gasteiger partial charge in [-0.1, -0.05) is 0 Å². The predicted octanol–water partition coefficient (Wildman–Crippen LogP) is 1.30. The van der Waals surface area contributed by atoms with Crippen molar-refractivity contribution in [3.05, 3.63) is 19.9 Å². The van der Waals surface area contributed by atoms with E-state index < -0.39 is 5.91 Å². The molecule has 0 fully saturated rings. The third kappa shape index (κ3) is 3.45. The smallest absolute Gasteiger partial charge is 0.255 e. The normalized spacial score (nSPS) is 10.0. The van der Waals surface area contributed by atoms with Crippen molar-refractivity contribution in [2.45, 2.75) is 6.92 Å². The molecule has 2 amide bonds. The number of primary amides is 1. The topological polar surface area (TPSA) is 63.4 Å². The fourth-order valence-corrected chi connectivity index (χ4v) is 2.44. The van der Waals surface area contributed by atoms with Crippen LogP contribution in [0.5, 0.6) is 0 Å². The molecule has 0 saturated carbocycles. The summed E-state index contributed by atoms with van der Waals surface area (Å²) in [5.74, 6) is -0.634. The maximum absolute atomic E-state index is 11.8. The number of amides is 2. The van der Waals surface area contributed by atoms with E-state index in [1.165, 1.54) is 16.2 Å². The van der Waals surface area contributed by atoms with Crippen LogP contribution in [-0.2, 0) is 4.79 Å². The van der Waals surface area contributed by atoms with Gasteiger partial charge in [-0.15, -0.1) is 11.3 Å². The van der Waals surface area contributed by atoms with Gasteiger partial charge in [0.2, 0.25) is 5.91 Å². The molecule has 1 heterocycles. The fourth-order valence-electron chi connectivity index (χ4n) is 1.12. The zero-order chi connectivity index (χ0) is 11.4. The zero-order valence-corrected chi connectivity index (χ0v) is 11.2. The van der Waals surface area contributed by atoms with Crippen molar-refractivity contribution in [1.29, 1.82) is 0 Å². The number of hydrogen-bond acceptors (Lipinski definition) is 3. The molecule has 4 nitrogen and oxygen atoms in total. The maximum Gasteiger partial charge on any atom is 0.255 e. The van der Waals surface area contributed by atoms with Crippen LogP contribution >= 0.6 is 33.9 Å². The molecule has 0 radical (unpaired) electrons. The fraction of sp³-hybridized carbons (Fsp3) is 0.333. The minimum absolute atomic E-state index is 0.0260. The van der Waals surface area contributed by atoms with Crippen LogP contribution < -0.4 is 5.73 Å². The molecule has 0 aliphatic rings. The van der Waals surface area contributed by atoms with Crippen molar-refractivity contribution >= 4 is 45.7 Å². The molecule has 15 heavy (non-hydrogen) atoms. The van der Waals surface area contributed by atoms with E-state index in [0.29, 0.717) is 12.1 Å². The average Bonchev–Trinajstić information content (AvgIpc) is 2.60. The Morgan fingerprint density at radius 1 is 1.60 bits per heavy atom. The lowest BCUT2D eigenvalue weighted by Gasteiger charge is -2.17. The number of hydrogen-bond donors (Lipinski definition) is 1. The van der Waals surface area contributed by atoms with Gasteiger partial charge in [0.1, 0.15) is 0 Å². The lowest BCUT2D eigenvalue weighted by Crippen LogP contribution is -2.38. The second-order valence-corrected chi connectivity index (χ2v) is 5.73. The summed E-state index contributed by atoms with van der Waals surface area (Å²) >= 11 is 3.65. The molecule has 0 unspecified atom stereocenters. The number of likely N-dealkylation sites (N-methyl/N-ethyl adjacent to an activating group) is 1. The molecule has 82 valence electrons. The number of carbonyl (C=O) groups is 2. The summed E-state index contributed by atoms with van der Waals surface area (Å²) in [7, 11) is 0. The average molecular weight is 338 g/mol. The Labute approximate surface area is 106 Å². The van der Waals surface area contributed by atoms with Gasteiger partial charge in [0.15, 0.2) is 0 Å². The molecule has 6 heteroatoms. The van der Waals surface area contributed by atoms with E-state index in [0.717, 1.165) is 2.88 Å². The summed E-state index contributed by atoms with van der Waals surface area (Å²) in [4.78, 5) is 24.0. The van der Waals surface area contributed by atoms with E-state index in [-0.39, 0.29) is 12.5 Å². The monoisotopic (exact) mass is 338 g/mol. The molecule has 0 aromatic carbocycles. The Morgan fingerprint density at radius 3 is 2.67 bits per heavy atom. The van der Waals surface area contributed by atoms with E-state index in [1.807, 2.05) is 6.92 Å². The van der Waals surface area contributed by atoms with Gasteiger partial charge in [-0.2, -0.15) is 0 Å². The maximum atomic E-state index is 11.8. The molecule has 2 N–H and O–H groups in total. The summed E-state index contributed by atoms with van der Waals surface area (Å²) in [6.07, 6.45) is 0. The molecule has 1 rings (SSSR count). The van der Waals surface area contributed by atoms with Crippen LogP contribution in [0, 0.1) is 2.88 Å². The van der Waals surface area contributed by atoms with Crippen molar-refractivity contribution in [1.82, 2.24) is 4.90 Å². The standard InChI is InChI=1S/C9H11IN2O2S/c1-2-12(4-8(11)13)9(14)6-3-7(10)15-5-6/h3,5H,2,4H2,1H3,(H2,11,13). The van der Waals surface area contributed by atoms with Crippen LogP contribution in [0.25, 0.3) is 0 Å². The first-order valence-corrected chi connectivity index (χ1v) is 6.32. The molecule has 0 bridgehead atoms. The molecular weight excluding hydrogens is 327 g/mol. The van der Waals surface area contributed by atoms with Gasteiger partial charge >= 0.3 is 0 Å². The first-order chi connectivity index (χ1) is 7.04. The van der Waals surface area contributed by atoms with Gasteiger partial charge in [-0.25, -0.2) is 0 Å². The Bertz CT molecular complexity index is 378. The number of nitrogens with two attached hydrogens (primary N) is 1. The van der Waals surface area contributed by atoms with Gasteiger partial charge in [0, 0.05) is 11.9 Å². The van der Waals surface area contributed by atoms with Crippen molar-refractivity contribution in [3.8, 4) is 0 Å². The van der Waals surface area contributed by atoms with Crippen LogP contribution in [0.3, 0.4) is 0 Å². The van der Waals surface area contributed by atoms with Crippen molar-refractivity contribution in [2.24, 2.45) is 5.73 Å². The number of carbonyl (C=O) groups excluding carboxylic acids is 2. The predicted molar refractivity (Wildman–Crippen MR) is 67.8 cm³/mol. The largest absolute Gasteiger partial charge is 0.368 e. The quantitative estimate of drug-likeness (QED) is 0.841.